The molecule has 1 N–H and O–H groups in total. The maximum atomic E-state index is 12.3. The van der Waals surface area contributed by atoms with Crippen LogP contribution in [0.5, 0.6) is 0 Å². The molecule has 0 fully saturated rings. The topological polar surface area (TPSA) is 73.2 Å². The number of hydrogen-bond acceptors (Lipinski definition) is 4. The van der Waals surface area contributed by atoms with Crippen molar-refractivity contribution < 1.29 is 14.3 Å². The van der Waals surface area contributed by atoms with Crippen LogP contribution in [0.15, 0.2) is 30.5 Å². The number of benzene rings is 1. The highest BCUT2D eigenvalue weighted by atomic mass is 16.5. The van der Waals surface area contributed by atoms with Crippen LogP contribution in [0.2, 0.25) is 0 Å². The third-order valence-electron chi connectivity index (χ3n) is 3.06. The van der Waals surface area contributed by atoms with Gasteiger partial charge in [0.25, 0.3) is 5.91 Å². The van der Waals surface area contributed by atoms with E-state index in [0.717, 1.165) is 5.56 Å². The van der Waals surface area contributed by atoms with Crippen LogP contribution >= 0.6 is 0 Å². The van der Waals surface area contributed by atoms with E-state index >= 15 is 0 Å². The molecule has 110 valence electrons. The number of nitrogens with zero attached hydrogens (tertiary/aromatic N) is 2. The maximum Gasteiger partial charge on any atom is 0.343 e. The van der Waals surface area contributed by atoms with Gasteiger partial charge in [0, 0.05) is 12.6 Å². The number of ether oxygens (including phenoxy) is 1. The summed E-state index contributed by atoms with van der Waals surface area (Å²) in [5.74, 6) is -0.477. The van der Waals surface area contributed by atoms with Crippen molar-refractivity contribution in [2.24, 2.45) is 7.05 Å². The number of aromatic nitrogens is 2. The van der Waals surface area contributed by atoms with Crippen molar-refractivity contribution in [3.63, 3.8) is 0 Å². The molecule has 0 aliphatic heterocycles. The Labute approximate surface area is 122 Å². The smallest absolute Gasteiger partial charge is 0.343 e. The van der Waals surface area contributed by atoms with Crippen LogP contribution < -0.4 is 5.32 Å². The summed E-state index contributed by atoms with van der Waals surface area (Å²) >= 11 is 0. The van der Waals surface area contributed by atoms with Crippen molar-refractivity contribution in [3.05, 3.63) is 47.2 Å². The van der Waals surface area contributed by atoms with E-state index < -0.39 is 5.97 Å². The average Bonchev–Trinajstić information content (AvgIpc) is 2.81. The molecule has 0 saturated heterocycles. The molecule has 1 aromatic carbocycles. The number of carbonyl (C=O) groups is 2. The zero-order valence-corrected chi connectivity index (χ0v) is 12.2. The lowest BCUT2D eigenvalue weighted by Crippen LogP contribution is -2.18. The molecule has 1 aromatic heterocycles. The fraction of sp³-hybridized carbons (Fsp3) is 0.267. The van der Waals surface area contributed by atoms with Crippen molar-refractivity contribution in [1.82, 2.24) is 9.78 Å². The molecule has 0 atom stereocenters. The number of carbonyl (C=O) groups excluding carboxylic acids is 2. The largest absolute Gasteiger partial charge is 0.462 e. The van der Waals surface area contributed by atoms with Crippen LogP contribution in [0.4, 0.5) is 5.82 Å². The Hall–Kier alpha value is -2.63. The van der Waals surface area contributed by atoms with Crippen molar-refractivity contribution >= 4 is 17.7 Å². The molecule has 0 saturated carbocycles. The highest BCUT2D eigenvalue weighted by molar-refractivity contribution is 6.07. The summed E-state index contributed by atoms with van der Waals surface area (Å²) in [5, 5.41) is 6.71. The molecule has 1 heterocycles. The molecular weight excluding hydrogens is 270 g/mol. The minimum Gasteiger partial charge on any atom is -0.462 e. The van der Waals surface area contributed by atoms with Crippen LogP contribution in [0.1, 0.15) is 33.2 Å². The number of amides is 1. The molecule has 2 aromatic rings. The number of esters is 1. The Balaban J connectivity index is 2.28. The molecule has 0 bridgehead atoms. The fourth-order valence-electron chi connectivity index (χ4n) is 1.95. The van der Waals surface area contributed by atoms with Gasteiger partial charge in [-0.1, -0.05) is 18.2 Å². The quantitative estimate of drug-likeness (QED) is 0.874. The van der Waals surface area contributed by atoms with Gasteiger partial charge in [-0.3, -0.25) is 9.48 Å². The van der Waals surface area contributed by atoms with Gasteiger partial charge in [0.05, 0.1) is 12.8 Å². The molecule has 2 rings (SSSR count). The summed E-state index contributed by atoms with van der Waals surface area (Å²) in [6.07, 6.45) is 1.38. The molecule has 0 aliphatic carbocycles. The summed E-state index contributed by atoms with van der Waals surface area (Å²) in [4.78, 5) is 24.2. The zero-order valence-electron chi connectivity index (χ0n) is 12.2. The molecular formula is C15H17N3O3. The Kier molecular flexibility index (Phi) is 4.37. The summed E-state index contributed by atoms with van der Waals surface area (Å²) in [7, 11) is 1.65. The predicted molar refractivity (Wildman–Crippen MR) is 78.3 cm³/mol. The van der Waals surface area contributed by atoms with Gasteiger partial charge < -0.3 is 10.1 Å². The van der Waals surface area contributed by atoms with E-state index in [1.54, 1.807) is 26.1 Å². The number of rotatable bonds is 4. The SMILES string of the molecule is CCOC(=O)c1cnn(C)c1NC(=O)c1ccccc1C. The van der Waals surface area contributed by atoms with E-state index in [-0.39, 0.29) is 18.1 Å². The van der Waals surface area contributed by atoms with Crippen LogP contribution in [0, 0.1) is 6.92 Å². The third-order valence-corrected chi connectivity index (χ3v) is 3.06. The first-order chi connectivity index (χ1) is 10.0. The van der Waals surface area contributed by atoms with Gasteiger partial charge in [0.15, 0.2) is 0 Å². The second kappa shape index (κ2) is 6.21. The number of aryl methyl sites for hydroxylation is 2. The van der Waals surface area contributed by atoms with Crippen LogP contribution in [-0.4, -0.2) is 28.3 Å². The van der Waals surface area contributed by atoms with Crippen LogP contribution in [0.3, 0.4) is 0 Å². The minimum absolute atomic E-state index is 0.237. The Morgan fingerprint density at radius 2 is 2.00 bits per heavy atom. The number of anilines is 1. The first-order valence-corrected chi connectivity index (χ1v) is 6.60. The van der Waals surface area contributed by atoms with Crippen molar-refractivity contribution in [3.8, 4) is 0 Å². The van der Waals surface area contributed by atoms with Crippen molar-refractivity contribution in [2.75, 3.05) is 11.9 Å². The predicted octanol–water partition coefficient (Wildman–Crippen LogP) is 2.16. The van der Waals surface area contributed by atoms with Gasteiger partial charge in [0.2, 0.25) is 0 Å². The van der Waals surface area contributed by atoms with Gasteiger partial charge in [-0.05, 0) is 25.5 Å². The summed E-state index contributed by atoms with van der Waals surface area (Å²) in [6.45, 7) is 3.84. The maximum absolute atomic E-state index is 12.3. The summed E-state index contributed by atoms with van der Waals surface area (Å²) < 4.78 is 6.38. The highest BCUT2D eigenvalue weighted by Gasteiger charge is 2.20. The first kappa shape index (κ1) is 14.8. The van der Waals surface area contributed by atoms with Crippen molar-refractivity contribution in [1.29, 1.82) is 0 Å². The second-order valence-electron chi connectivity index (χ2n) is 4.52. The minimum atomic E-state index is -0.509. The zero-order chi connectivity index (χ0) is 15.4. The molecule has 0 aliphatic rings. The van der Waals surface area contributed by atoms with Gasteiger partial charge >= 0.3 is 5.97 Å². The normalized spacial score (nSPS) is 10.2. The van der Waals surface area contributed by atoms with E-state index in [1.807, 2.05) is 19.1 Å². The van der Waals surface area contributed by atoms with E-state index in [2.05, 4.69) is 10.4 Å². The second-order valence-corrected chi connectivity index (χ2v) is 4.52. The molecule has 0 unspecified atom stereocenters. The molecule has 21 heavy (non-hydrogen) atoms. The van der Waals surface area contributed by atoms with Gasteiger partial charge in [-0.2, -0.15) is 5.10 Å². The third kappa shape index (κ3) is 3.10. The molecule has 1 amide bonds. The van der Waals surface area contributed by atoms with Crippen molar-refractivity contribution in [2.45, 2.75) is 13.8 Å². The average molecular weight is 287 g/mol. The molecule has 0 radical (unpaired) electrons. The number of hydrogen-bond donors (Lipinski definition) is 1. The molecule has 6 heteroatoms. The highest BCUT2D eigenvalue weighted by Crippen LogP contribution is 2.17. The summed E-state index contributed by atoms with van der Waals surface area (Å²) in [5.41, 5.74) is 1.64. The van der Waals surface area contributed by atoms with Crippen LogP contribution in [0.25, 0.3) is 0 Å². The van der Waals surface area contributed by atoms with E-state index in [1.165, 1.54) is 10.9 Å². The lowest BCUT2D eigenvalue weighted by molar-refractivity contribution is 0.0527. The standard InChI is InChI=1S/C15H17N3O3/c1-4-21-15(20)12-9-16-18(3)13(12)17-14(19)11-8-6-5-7-10(11)2/h5-9H,4H2,1-3H3,(H,17,19). The Bertz CT molecular complexity index is 677. The van der Waals surface area contributed by atoms with E-state index in [9.17, 15) is 9.59 Å². The van der Waals surface area contributed by atoms with Gasteiger partial charge in [-0.25, -0.2) is 4.79 Å². The first-order valence-electron chi connectivity index (χ1n) is 6.60. The van der Waals surface area contributed by atoms with Crippen LogP contribution in [-0.2, 0) is 11.8 Å². The monoisotopic (exact) mass is 287 g/mol. The van der Waals surface area contributed by atoms with Gasteiger partial charge in [-0.15, -0.1) is 0 Å². The van der Waals surface area contributed by atoms with E-state index in [4.69, 9.17) is 4.74 Å². The molecule has 6 nitrogen and oxygen atoms in total. The Morgan fingerprint density at radius 1 is 1.29 bits per heavy atom. The molecule has 0 spiro atoms. The number of nitrogens with one attached hydrogen (secondary N) is 1. The lowest BCUT2D eigenvalue weighted by Gasteiger charge is -2.09. The lowest BCUT2D eigenvalue weighted by atomic mass is 10.1. The Morgan fingerprint density at radius 3 is 2.67 bits per heavy atom. The van der Waals surface area contributed by atoms with Gasteiger partial charge in [0.1, 0.15) is 11.4 Å². The fourth-order valence-corrected chi connectivity index (χ4v) is 1.95. The van der Waals surface area contributed by atoms with E-state index in [0.29, 0.717) is 11.4 Å². The summed E-state index contributed by atoms with van der Waals surface area (Å²) in [6, 6.07) is 7.23.